The van der Waals surface area contributed by atoms with Crippen molar-refractivity contribution < 1.29 is 14.0 Å². The Bertz CT molecular complexity index is 1340. The summed E-state index contributed by atoms with van der Waals surface area (Å²) >= 11 is 0. The Morgan fingerprint density at radius 3 is 2.60 bits per heavy atom. The Kier molecular flexibility index (Phi) is 9.85. The first kappa shape index (κ1) is 28.8. The maximum atomic E-state index is 14.9. The van der Waals surface area contributed by atoms with Gasteiger partial charge in [0.1, 0.15) is 17.5 Å². The Labute approximate surface area is 234 Å². The quantitative estimate of drug-likeness (QED) is 0.257. The molecule has 10 nitrogen and oxygen atoms in total. The van der Waals surface area contributed by atoms with Gasteiger partial charge in [0.05, 0.1) is 16.9 Å². The summed E-state index contributed by atoms with van der Waals surface area (Å²) in [5.41, 5.74) is 8.80. The molecule has 3 aromatic rings. The zero-order valence-corrected chi connectivity index (χ0v) is 23.0. The smallest absolute Gasteiger partial charge is 0.319 e. The summed E-state index contributed by atoms with van der Waals surface area (Å²) in [6, 6.07) is 9.12. The number of aryl methyl sites for hydroxylation is 1. The molecule has 0 atom stereocenters. The fourth-order valence-electron chi connectivity index (χ4n) is 4.58. The van der Waals surface area contributed by atoms with Crippen molar-refractivity contribution in [3.63, 3.8) is 0 Å². The third kappa shape index (κ3) is 7.66. The number of pyridine rings is 2. The molecule has 4 rings (SSSR count). The minimum Gasteiger partial charge on any atom is -0.383 e. The number of anilines is 3. The van der Waals surface area contributed by atoms with Crippen LogP contribution in [-0.4, -0.2) is 59.5 Å². The molecule has 0 aliphatic carbocycles. The second-order valence-electron chi connectivity index (χ2n) is 9.83. The minimum absolute atomic E-state index is 0.0319. The number of amides is 3. The van der Waals surface area contributed by atoms with Crippen LogP contribution in [0.5, 0.6) is 0 Å². The predicted octanol–water partition coefficient (Wildman–Crippen LogP) is 4.14. The molecule has 3 heterocycles. The van der Waals surface area contributed by atoms with Crippen LogP contribution in [0.15, 0.2) is 42.6 Å². The van der Waals surface area contributed by atoms with Gasteiger partial charge >= 0.3 is 6.03 Å². The van der Waals surface area contributed by atoms with Crippen LogP contribution in [-0.2, 0) is 6.54 Å². The summed E-state index contributed by atoms with van der Waals surface area (Å²) in [6.07, 6.45) is 5.26. The Hall–Kier alpha value is -4.25. The molecule has 40 heavy (non-hydrogen) atoms. The summed E-state index contributed by atoms with van der Waals surface area (Å²) in [5.74, 6) is 0.0612. The number of hydrogen-bond acceptors (Lipinski definition) is 7. The van der Waals surface area contributed by atoms with E-state index in [1.54, 1.807) is 24.4 Å². The lowest BCUT2D eigenvalue weighted by molar-refractivity contribution is 0.0947. The largest absolute Gasteiger partial charge is 0.383 e. The summed E-state index contributed by atoms with van der Waals surface area (Å²) in [4.78, 5) is 36.2. The summed E-state index contributed by atoms with van der Waals surface area (Å²) in [5, 5.41) is 11.3. The highest BCUT2D eigenvalue weighted by Gasteiger charge is 2.16. The van der Waals surface area contributed by atoms with Gasteiger partial charge in [0.2, 0.25) is 0 Å². The van der Waals surface area contributed by atoms with Gasteiger partial charge in [0.15, 0.2) is 0 Å². The number of carbonyl (C=O) groups is 2. The Morgan fingerprint density at radius 1 is 1.07 bits per heavy atom. The van der Waals surface area contributed by atoms with Crippen LogP contribution in [0, 0.1) is 12.7 Å². The maximum absolute atomic E-state index is 14.9. The van der Waals surface area contributed by atoms with E-state index in [-0.39, 0.29) is 18.1 Å². The van der Waals surface area contributed by atoms with E-state index in [0.717, 1.165) is 30.8 Å². The van der Waals surface area contributed by atoms with Crippen molar-refractivity contribution in [1.82, 2.24) is 25.5 Å². The van der Waals surface area contributed by atoms with E-state index >= 15 is 0 Å². The van der Waals surface area contributed by atoms with Crippen LogP contribution in [0.4, 0.5) is 26.5 Å². The van der Waals surface area contributed by atoms with E-state index in [4.69, 9.17) is 5.73 Å². The highest BCUT2D eigenvalue weighted by molar-refractivity contribution is 5.99. The van der Waals surface area contributed by atoms with Crippen LogP contribution < -0.4 is 27.0 Å². The molecule has 1 fully saturated rings. The van der Waals surface area contributed by atoms with Gasteiger partial charge < -0.3 is 31.9 Å². The standard InChI is InChI=1S/C29H37FN8O2/c1-3-32-27-22(28(39)33-11-14-38-12-5-4-6-13-38)8-10-24(36-27)21-7-9-25(23(30)16-21)37-29(40)35-18-20-15-19(2)26(31)34-17-20/h7-10,15-17H,3-6,11-14,18H2,1-2H3,(H2,31,34)(H,32,36)(H,33,39)(H2,35,37,40). The monoisotopic (exact) mass is 548 g/mol. The summed E-state index contributed by atoms with van der Waals surface area (Å²) < 4.78 is 14.9. The number of nitrogens with zero attached hydrogens (tertiary/aromatic N) is 3. The van der Waals surface area contributed by atoms with Crippen LogP contribution >= 0.6 is 0 Å². The van der Waals surface area contributed by atoms with E-state index in [2.05, 4.69) is 36.1 Å². The molecule has 212 valence electrons. The number of halogens is 1. The van der Waals surface area contributed by atoms with Crippen molar-refractivity contribution in [3.05, 3.63) is 65.1 Å². The van der Waals surface area contributed by atoms with Gasteiger partial charge in [-0.15, -0.1) is 0 Å². The van der Waals surface area contributed by atoms with Crippen LogP contribution in [0.1, 0.15) is 47.7 Å². The Morgan fingerprint density at radius 2 is 1.88 bits per heavy atom. The highest BCUT2D eigenvalue weighted by Crippen LogP contribution is 2.26. The molecular weight excluding hydrogens is 511 g/mol. The average molecular weight is 549 g/mol. The number of hydrogen-bond donors (Lipinski definition) is 5. The first-order valence-electron chi connectivity index (χ1n) is 13.6. The number of nitrogens with two attached hydrogens (primary N) is 1. The lowest BCUT2D eigenvalue weighted by Gasteiger charge is -2.26. The number of urea groups is 1. The first-order chi connectivity index (χ1) is 19.3. The molecule has 2 aromatic heterocycles. The number of aromatic nitrogens is 2. The Balaban J connectivity index is 1.38. The van der Waals surface area contributed by atoms with Crippen molar-refractivity contribution in [1.29, 1.82) is 0 Å². The number of carbonyl (C=O) groups excluding carboxylic acids is 2. The van der Waals surface area contributed by atoms with Crippen molar-refractivity contribution in [2.75, 3.05) is 49.1 Å². The van der Waals surface area contributed by atoms with Gasteiger partial charge in [-0.05, 0) is 81.2 Å². The second-order valence-corrected chi connectivity index (χ2v) is 9.83. The molecule has 1 saturated heterocycles. The number of benzene rings is 1. The van der Waals surface area contributed by atoms with E-state index in [0.29, 0.717) is 41.5 Å². The van der Waals surface area contributed by atoms with E-state index < -0.39 is 11.8 Å². The van der Waals surface area contributed by atoms with Crippen LogP contribution in [0.25, 0.3) is 11.3 Å². The molecule has 0 spiro atoms. The predicted molar refractivity (Wildman–Crippen MR) is 156 cm³/mol. The lowest BCUT2D eigenvalue weighted by atomic mass is 10.1. The number of rotatable bonds is 10. The topological polar surface area (TPSA) is 137 Å². The molecular formula is C29H37FN8O2. The zero-order valence-electron chi connectivity index (χ0n) is 23.0. The fourth-order valence-corrected chi connectivity index (χ4v) is 4.58. The van der Waals surface area contributed by atoms with Gasteiger partial charge in [-0.25, -0.2) is 19.2 Å². The van der Waals surface area contributed by atoms with Gasteiger partial charge in [-0.3, -0.25) is 4.79 Å². The third-order valence-corrected chi connectivity index (χ3v) is 6.79. The van der Waals surface area contributed by atoms with E-state index in [9.17, 15) is 14.0 Å². The van der Waals surface area contributed by atoms with E-state index in [1.807, 2.05) is 19.9 Å². The molecule has 0 bridgehead atoms. The normalized spacial score (nSPS) is 13.5. The van der Waals surface area contributed by atoms with Crippen molar-refractivity contribution >= 4 is 29.3 Å². The molecule has 6 N–H and O–H groups in total. The molecule has 0 radical (unpaired) electrons. The van der Waals surface area contributed by atoms with Gasteiger partial charge in [-0.2, -0.15) is 0 Å². The van der Waals surface area contributed by atoms with Crippen molar-refractivity contribution in [2.24, 2.45) is 0 Å². The fraction of sp³-hybridized carbons (Fsp3) is 0.379. The maximum Gasteiger partial charge on any atom is 0.319 e. The van der Waals surface area contributed by atoms with Crippen molar-refractivity contribution in [3.8, 4) is 11.3 Å². The van der Waals surface area contributed by atoms with Gasteiger partial charge in [0.25, 0.3) is 5.91 Å². The molecule has 0 unspecified atom stereocenters. The van der Waals surface area contributed by atoms with Crippen molar-refractivity contribution in [2.45, 2.75) is 39.7 Å². The van der Waals surface area contributed by atoms with Crippen LogP contribution in [0.2, 0.25) is 0 Å². The molecule has 11 heteroatoms. The molecule has 0 saturated carbocycles. The number of nitrogens with one attached hydrogen (secondary N) is 4. The molecule has 1 aromatic carbocycles. The minimum atomic E-state index is -0.607. The highest BCUT2D eigenvalue weighted by atomic mass is 19.1. The SMILES string of the molecule is CCNc1nc(-c2ccc(NC(=O)NCc3cnc(N)c(C)c3)c(F)c2)ccc1C(=O)NCCN1CCCCC1. The molecule has 3 amide bonds. The number of nitrogen functional groups attached to an aromatic ring is 1. The lowest BCUT2D eigenvalue weighted by Crippen LogP contribution is -2.37. The number of piperidine rings is 1. The average Bonchev–Trinajstić information content (AvgIpc) is 2.95. The van der Waals surface area contributed by atoms with Gasteiger partial charge in [-0.1, -0.05) is 12.5 Å². The molecule has 1 aliphatic heterocycles. The molecule has 1 aliphatic rings. The third-order valence-electron chi connectivity index (χ3n) is 6.79. The zero-order chi connectivity index (χ0) is 28.5. The first-order valence-corrected chi connectivity index (χ1v) is 13.6. The van der Waals surface area contributed by atoms with Crippen LogP contribution in [0.3, 0.4) is 0 Å². The van der Waals surface area contributed by atoms with Gasteiger partial charge in [0, 0.05) is 37.9 Å². The van der Waals surface area contributed by atoms with E-state index in [1.165, 1.54) is 31.4 Å². The summed E-state index contributed by atoms with van der Waals surface area (Å²) in [7, 11) is 0. The second kappa shape index (κ2) is 13.7. The summed E-state index contributed by atoms with van der Waals surface area (Å²) in [6.45, 7) is 8.08. The number of likely N-dealkylation sites (tertiary alicyclic amines) is 1.